The number of furan rings is 1. The van der Waals surface area contributed by atoms with Crippen molar-refractivity contribution in [3.8, 4) is 17.0 Å². The van der Waals surface area contributed by atoms with Crippen molar-refractivity contribution in [2.24, 2.45) is 0 Å². The molecule has 5 aromatic rings. The van der Waals surface area contributed by atoms with Crippen LogP contribution < -0.4 is 5.32 Å². The Hall–Kier alpha value is -4.52. The van der Waals surface area contributed by atoms with E-state index in [9.17, 15) is 9.18 Å². The van der Waals surface area contributed by atoms with Crippen LogP contribution in [0.25, 0.3) is 34.1 Å². The molecule has 32 heavy (non-hydrogen) atoms. The van der Waals surface area contributed by atoms with E-state index in [0.717, 1.165) is 11.3 Å². The Kier molecular flexibility index (Phi) is 5.05. The Bertz CT molecular complexity index is 1420. The minimum absolute atomic E-state index is 0.298. The predicted molar refractivity (Wildman–Crippen MR) is 121 cm³/mol. The van der Waals surface area contributed by atoms with Gasteiger partial charge in [-0.15, -0.1) is 10.2 Å². The van der Waals surface area contributed by atoms with Crippen LogP contribution in [-0.4, -0.2) is 20.9 Å². The van der Waals surface area contributed by atoms with Crippen molar-refractivity contribution in [2.75, 3.05) is 5.32 Å². The lowest BCUT2D eigenvalue weighted by Gasteiger charge is -2.00. The molecule has 0 unspecified atom stereocenters. The molecule has 0 aliphatic rings. The molecule has 156 valence electrons. The van der Waals surface area contributed by atoms with Gasteiger partial charge in [-0.25, -0.2) is 4.39 Å². The number of halogens is 1. The van der Waals surface area contributed by atoms with Crippen molar-refractivity contribution < 1.29 is 13.6 Å². The second-order valence-electron chi connectivity index (χ2n) is 7.06. The minimum atomic E-state index is -0.325. The largest absolute Gasteiger partial charge is 0.457 e. The third-order valence-corrected chi connectivity index (χ3v) is 4.79. The first-order valence-electron chi connectivity index (χ1n) is 9.91. The summed E-state index contributed by atoms with van der Waals surface area (Å²) in [7, 11) is 0. The minimum Gasteiger partial charge on any atom is -0.457 e. The zero-order chi connectivity index (χ0) is 21.9. The van der Waals surface area contributed by atoms with Crippen molar-refractivity contribution in [3.63, 3.8) is 0 Å². The standard InChI is InChI=1S/C25H17FN4O2/c26-18-6-9-20(10-7-18)30-28-22-13-8-19(16-23(22)29-30)27-25(31)15-12-21-11-14-24(32-21)17-4-2-1-3-5-17/h1-16H,(H,27,31)/b15-12+. The van der Waals surface area contributed by atoms with Gasteiger partial charge in [-0.05, 0) is 60.7 Å². The van der Waals surface area contributed by atoms with Crippen LogP contribution in [0.5, 0.6) is 0 Å². The molecule has 5 rings (SSSR count). The molecule has 2 heterocycles. The van der Waals surface area contributed by atoms with Gasteiger partial charge in [0.1, 0.15) is 28.4 Å². The van der Waals surface area contributed by atoms with Crippen LogP contribution in [0.1, 0.15) is 5.76 Å². The summed E-state index contributed by atoms with van der Waals surface area (Å²) < 4.78 is 18.9. The van der Waals surface area contributed by atoms with Crippen LogP contribution in [0.15, 0.2) is 95.4 Å². The highest BCUT2D eigenvalue weighted by Gasteiger charge is 2.08. The Morgan fingerprint density at radius 3 is 2.50 bits per heavy atom. The van der Waals surface area contributed by atoms with E-state index in [1.54, 1.807) is 36.4 Å². The highest BCUT2D eigenvalue weighted by Crippen LogP contribution is 2.22. The molecular formula is C25H17FN4O2. The normalized spacial score (nSPS) is 11.3. The van der Waals surface area contributed by atoms with E-state index in [-0.39, 0.29) is 11.7 Å². The van der Waals surface area contributed by atoms with Crippen molar-refractivity contribution >= 4 is 28.7 Å². The molecule has 0 bridgehead atoms. The summed E-state index contributed by atoms with van der Waals surface area (Å²) in [5.74, 6) is 0.694. The average Bonchev–Trinajstić information content (AvgIpc) is 3.46. The molecular weight excluding hydrogens is 407 g/mol. The summed E-state index contributed by atoms with van der Waals surface area (Å²) in [5, 5.41) is 11.6. The number of hydrogen-bond acceptors (Lipinski definition) is 4. The van der Waals surface area contributed by atoms with Crippen LogP contribution >= 0.6 is 0 Å². The number of amides is 1. The molecule has 6 nitrogen and oxygen atoms in total. The number of rotatable bonds is 5. The molecule has 0 atom stereocenters. The van der Waals surface area contributed by atoms with Gasteiger partial charge in [0.15, 0.2) is 0 Å². The van der Waals surface area contributed by atoms with Crippen LogP contribution in [0, 0.1) is 5.82 Å². The summed E-state index contributed by atoms with van der Waals surface area (Å²) in [6.07, 6.45) is 3.03. The van der Waals surface area contributed by atoms with E-state index >= 15 is 0 Å². The lowest BCUT2D eigenvalue weighted by Crippen LogP contribution is -2.07. The van der Waals surface area contributed by atoms with Crippen molar-refractivity contribution in [1.29, 1.82) is 0 Å². The SMILES string of the molecule is O=C(/C=C/c1ccc(-c2ccccc2)o1)Nc1ccc2nn(-c3ccc(F)cc3)nc2c1. The fourth-order valence-corrected chi connectivity index (χ4v) is 3.22. The summed E-state index contributed by atoms with van der Waals surface area (Å²) in [5.41, 5.74) is 3.47. The monoisotopic (exact) mass is 424 g/mol. The predicted octanol–water partition coefficient (Wildman–Crippen LogP) is 5.47. The van der Waals surface area contributed by atoms with E-state index in [1.165, 1.54) is 23.0 Å². The quantitative estimate of drug-likeness (QED) is 0.380. The summed E-state index contributed by atoms with van der Waals surface area (Å²) >= 11 is 0. The van der Waals surface area contributed by atoms with Gasteiger partial charge in [0.25, 0.3) is 0 Å². The molecule has 0 saturated heterocycles. The lowest BCUT2D eigenvalue weighted by molar-refractivity contribution is -0.111. The summed E-state index contributed by atoms with van der Waals surface area (Å²) in [6, 6.07) is 24.6. The van der Waals surface area contributed by atoms with Crippen molar-refractivity contribution in [2.45, 2.75) is 0 Å². The maximum absolute atomic E-state index is 13.1. The first kappa shape index (κ1) is 19.4. The smallest absolute Gasteiger partial charge is 0.248 e. The molecule has 0 aliphatic carbocycles. The van der Waals surface area contributed by atoms with Crippen LogP contribution in [0.2, 0.25) is 0 Å². The van der Waals surface area contributed by atoms with Gasteiger partial charge < -0.3 is 9.73 Å². The molecule has 0 radical (unpaired) electrons. The first-order chi connectivity index (χ1) is 15.6. The van der Waals surface area contributed by atoms with E-state index < -0.39 is 0 Å². The molecule has 0 spiro atoms. The molecule has 1 amide bonds. The molecule has 3 aromatic carbocycles. The second kappa shape index (κ2) is 8.31. The highest BCUT2D eigenvalue weighted by atomic mass is 19.1. The molecule has 0 saturated carbocycles. The fourth-order valence-electron chi connectivity index (χ4n) is 3.22. The number of nitrogens with one attached hydrogen (secondary N) is 1. The van der Waals surface area contributed by atoms with Gasteiger partial charge in [0.2, 0.25) is 5.91 Å². The number of anilines is 1. The van der Waals surface area contributed by atoms with Crippen LogP contribution in [0.4, 0.5) is 10.1 Å². The Balaban J connectivity index is 1.28. The zero-order valence-electron chi connectivity index (χ0n) is 16.8. The number of fused-ring (bicyclic) bond motifs is 1. The maximum atomic E-state index is 13.1. The second-order valence-corrected chi connectivity index (χ2v) is 7.06. The number of carbonyl (C=O) groups excluding carboxylic acids is 1. The Morgan fingerprint density at radius 2 is 1.69 bits per heavy atom. The summed E-state index contributed by atoms with van der Waals surface area (Å²) in [4.78, 5) is 13.8. The molecule has 0 fully saturated rings. The topological polar surface area (TPSA) is 73.0 Å². The number of aromatic nitrogens is 3. The third-order valence-electron chi connectivity index (χ3n) is 4.79. The van der Waals surface area contributed by atoms with Gasteiger partial charge in [0, 0.05) is 17.3 Å². The maximum Gasteiger partial charge on any atom is 0.248 e. The number of nitrogens with zero attached hydrogens (tertiary/aromatic N) is 3. The van der Waals surface area contributed by atoms with Crippen molar-refractivity contribution in [1.82, 2.24) is 15.0 Å². The zero-order valence-corrected chi connectivity index (χ0v) is 16.8. The van der Waals surface area contributed by atoms with E-state index in [2.05, 4.69) is 15.5 Å². The Labute approximate surface area is 182 Å². The molecule has 1 N–H and O–H groups in total. The lowest BCUT2D eigenvalue weighted by atomic mass is 10.2. The van der Waals surface area contributed by atoms with E-state index in [4.69, 9.17) is 4.42 Å². The van der Waals surface area contributed by atoms with Crippen LogP contribution in [-0.2, 0) is 4.79 Å². The van der Waals surface area contributed by atoms with Gasteiger partial charge >= 0.3 is 0 Å². The van der Waals surface area contributed by atoms with Gasteiger partial charge in [-0.2, -0.15) is 4.80 Å². The summed E-state index contributed by atoms with van der Waals surface area (Å²) in [6.45, 7) is 0. The highest BCUT2D eigenvalue weighted by molar-refractivity contribution is 6.02. The molecule has 2 aromatic heterocycles. The van der Waals surface area contributed by atoms with Gasteiger partial charge in [-0.1, -0.05) is 30.3 Å². The number of carbonyl (C=O) groups is 1. The van der Waals surface area contributed by atoms with E-state index in [0.29, 0.717) is 28.2 Å². The first-order valence-corrected chi connectivity index (χ1v) is 9.91. The third kappa shape index (κ3) is 4.17. The van der Waals surface area contributed by atoms with E-state index in [1.807, 2.05) is 42.5 Å². The van der Waals surface area contributed by atoms with Crippen LogP contribution in [0.3, 0.4) is 0 Å². The molecule has 0 aliphatic heterocycles. The molecule has 7 heteroatoms. The van der Waals surface area contributed by atoms with Crippen molar-refractivity contribution in [3.05, 3.63) is 103 Å². The fraction of sp³-hybridized carbons (Fsp3) is 0. The average molecular weight is 424 g/mol. The number of hydrogen-bond donors (Lipinski definition) is 1. The number of benzene rings is 3. The van der Waals surface area contributed by atoms with Gasteiger partial charge in [-0.3, -0.25) is 4.79 Å². The Morgan fingerprint density at radius 1 is 0.906 bits per heavy atom. The van der Waals surface area contributed by atoms with Gasteiger partial charge in [0.05, 0.1) is 5.69 Å².